The lowest BCUT2D eigenvalue weighted by Gasteiger charge is -2.01. The van der Waals surface area contributed by atoms with Crippen molar-refractivity contribution in [3.8, 4) is 0 Å². The number of ether oxygens (including phenoxy) is 1. The van der Waals surface area contributed by atoms with Gasteiger partial charge >= 0.3 is 5.97 Å². The molecule has 90 valence electrons. The van der Waals surface area contributed by atoms with Gasteiger partial charge in [-0.2, -0.15) is 5.10 Å². The molecule has 0 aliphatic heterocycles. The minimum absolute atomic E-state index is 0.0371. The summed E-state index contributed by atoms with van der Waals surface area (Å²) in [6.45, 7) is 3.12. The summed E-state index contributed by atoms with van der Waals surface area (Å²) < 4.78 is 7.79. The van der Waals surface area contributed by atoms with E-state index in [1.54, 1.807) is 4.68 Å². The van der Waals surface area contributed by atoms with Crippen molar-refractivity contribution in [1.29, 1.82) is 0 Å². The van der Waals surface area contributed by atoms with Gasteiger partial charge in [0.25, 0.3) is 5.82 Å². The number of aryl methyl sites for hydroxylation is 1. The molecule has 0 aliphatic carbocycles. The highest BCUT2D eigenvalue weighted by molar-refractivity contribution is 5.84. The second-order valence-electron chi connectivity index (χ2n) is 3.25. The van der Waals surface area contributed by atoms with Gasteiger partial charge in [0.1, 0.15) is 25.0 Å². The first-order valence-corrected chi connectivity index (χ1v) is 5.09. The van der Waals surface area contributed by atoms with E-state index in [-0.39, 0.29) is 5.82 Å². The predicted molar refractivity (Wildman–Crippen MR) is 56.2 cm³/mol. The van der Waals surface area contributed by atoms with Gasteiger partial charge in [-0.05, 0) is 6.92 Å². The number of rotatable bonds is 4. The monoisotopic (exact) mass is 236 g/mol. The minimum Gasteiger partial charge on any atom is -0.463 e. The summed E-state index contributed by atoms with van der Waals surface area (Å²) in [5.41, 5.74) is 0. The van der Waals surface area contributed by atoms with E-state index in [0.717, 1.165) is 12.4 Å². The Hall–Kier alpha value is -2.25. The van der Waals surface area contributed by atoms with Crippen molar-refractivity contribution < 1.29 is 9.53 Å². The average molecular weight is 236 g/mol. The molecule has 2 aromatic rings. The Labute approximate surface area is 97.2 Å². The van der Waals surface area contributed by atoms with Crippen LogP contribution in [0.2, 0.25) is 0 Å². The van der Waals surface area contributed by atoms with Gasteiger partial charge in [-0.1, -0.05) is 0 Å². The largest absolute Gasteiger partial charge is 0.463 e. The fourth-order valence-corrected chi connectivity index (χ4v) is 1.38. The molecule has 0 saturated carbocycles. The molecular weight excluding hydrogens is 224 g/mol. The maximum atomic E-state index is 11.2. The van der Waals surface area contributed by atoms with Gasteiger partial charge < -0.3 is 4.74 Å². The quantitative estimate of drug-likeness (QED) is 0.679. The maximum Gasteiger partial charge on any atom is 0.377 e. The van der Waals surface area contributed by atoms with E-state index >= 15 is 0 Å². The molecule has 2 heterocycles. The normalized spacial score (nSPS) is 10.5. The Morgan fingerprint density at radius 2 is 2.29 bits per heavy atom. The predicted octanol–water partition coefficient (Wildman–Crippen LogP) is -0.276. The molecule has 8 nitrogen and oxygen atoms in total. The third-order valence-corrected chi connectivity index (χ3v) is 2.20. The van der Waals surface area contributed by atoms with Crippen molar-refractivity contribution in [2.45, 2.75) is 20.0 Å². The standard InChI is InChI=1S/C9H12N6O2/c1-3-15-7(10-5-12-15)4-14-6-11-8(13-14)9(16)17-2/h5-6H,3-4H2,1-2H3. The molecule has 0 N–H and O–H groups in total. The van der Waals surface area contributed by atoms with Crippen LogP contribution in [0.15, 0.2) is 12.7 Å². The molecule has 2 rings (SSSR count). The van der Waals surface area contributed by atoms with Crippen molar-refractivity contribution in [3.05, 3.63) is 24.3 Å². The number of aromatic nitrogens is 6. The van der Waals surface area contributed by atoms with Gasteiger partial charge in [-0.15, -0.1) is 5.10 Å². The average Bonchev–Trinajstić information content (AvgIpc) is 2.97. The summed E-state index contributed by atoms with van der Waals surface area (Å²) in [6.07, 6.45) is 2.94. The zero-order valence-corrected chi connectivity index (χ0v) is 9.57. The highest BCUT2D eigenvalue weighted by atomic mass is 16.5. The Balaban J connectivity index is 2.14. The van der Waals surface area contributed by atoms with Crippen LogP contribution in [0.25, 0.3) is 0 Å². The summed E-state index contributed by atoms with van der Waals surface area (Å²) in [6, 6.07) is 0. The fourth-order valence-electron chi connectivity index (χ4n) is 1.38. The Morgan fingerprint density at radius 3 is 3.00 bits per heavy atom. The first kappa shape index (κ1) is 11.2. The fraction of sp³-hybridized carbons (Fsp3) is 0.444. The molecule has 2 aromatic heterocycles. The van der Waals surface area contributed by atoms with E-state index in [1.807, 2.05) is 6.92 Å². The van der Waals surface area contributed by atoms with Crippen LogP contribution >= 0.6 is 0 Å². The zero-order chi connectivity index (χ0) is 12.3. The molecular formula is C9H12N6O2. The van der Waals surface area contributed by atoms with Crippen LogP contribution in [0, 0.1) is 0 Å². The molecule has 17 heavy (non-hydrogen) atoms. The first-order valence-electron chi connectivity index (χ1n) is 5.09. The molecule has 0 atom stereocenters. The van der Waals surface area contributed by atoms with Crippen molar-refractivity contribution >= 4 is 5.97 Å². The highest BCUT2D eigenvalue weighted by Crippen LogP contribution is 1.99. The molecule has 0 spiro atoms. The van der Waals surface area contributed by atoms with Crippen LogP contribution < -0.4 is 0 Å². The second-order valence-corrected chi connectivity index (χ2v) is 3.25. The van der Waals surface area contributed by atoms with E-state index in [4.69, 9.17) is 0 Å². The topological polar surface area (TPSA) is 87.7 Å². The maximum absolute atomic E-state index is 11.2. The van der Waals surface area contributed by atoms with Crippen LogP contribution in [-0.4, -0.2) is 42.6 Å². The number of carbonyl (C=O) groups is 1. The Morgan fingerprint density at radius 1 is 1.47 bits per heavy atom. The zero-order valence-electron chi connectivity index (χ0n) is 9.57. The summed E-state index contributed by atoms with van der Waals surface area (Å²) in [4.78, 5) is 19.1. The third kappa shape index (κ3) is 2.30. The van der Waals surface area contributed by atoms with Crippen LogP contribution in [-0.2, 0) is 17.8 Å². The summed E-state index contributed by atoms with van der Waals surface area (Å²) in [5.74, 6) is 0.240. The van der Waals surface area contributed by atoms with E-state index in [2.05, 4.69) is 24.9 Å². The van der Waals surface area contributed by atoms with Gasteiger partial charge in [0.05, 0.1) is 7.11 Å². The van der Waals surface area contributed by atoms with Gasteiger partial charge in [0, 0.05) is 6.54 Å². The number of nitrogens with zero attached hydrogens (tertiary/aromatic N) is 6. The van der Waals surface area contributed by atoms with Crippen molar-refractivity contribution in [2.75, 3.05) is 7.11 Å². The molecule has 0 bridgehead atoms. The number of esters is 1. The van der Waals surface area contributed by atoms with Crippen molar-refractivity contribution in [1.82, 2.24) is 29.5 Å². The first-order chi connectivity index (χ1) is 8.24. The van der Waals surface area contributed by atoms with Crippen LogP contribution in [0.5, 0.6) is 0 Å². The number of methoxy groups -OCH3 is 1. The highest BCUT2D eigenvalue weighted by Gasteiger charge is 2.12. The molecule has 0 radical (unpaired) electrons. The molecule has 0 aromatic carbocycles. The Kier molecular flexibility index (Phi) is 3.12. The molecule has 0 unspecified atom stereocenters. The summed E-state index contributed by atoms with van der Waals surface area (Å²) in [5, 5.41) is 8.02. The molecule has 0 amide bonds. The Bertz CT molecular complexity index is 517. The second kappa shape index (κ2) is 4.73. The smallest absolute Gasteiger partial charge is 0.377 e. The number of hydrogen-bond acceptors (Lipinski definition) is 6. The number of carbonyl (C=O) groups excluding carboxylic acids is 1. The van der Waals surface area contributed by atoms with E-state index < -0.39 is 5.97 Å². The van der Waals surface area contributed by atoms with E-state index in [0.29, 0.717) is 6.54 Å². The van der Waals surface area contributed by atoms with E-state index in [9.17, 15) is 4.79 Å². The van der Waals surface area contributed by atoms with Crippen LogP contribution in [0.1, 0.15) is 23.4 Å². The minimum atomic E-state index is -0.555. The lowest BCUT2D eigenvalue weighted by molar-refractivity contribution is 0.0586. The van der Waals surface area contributed by atoms with Crippen LogP contribution in [0.3, 0.4) is 0 Å². The molecule has 8 heteroatoms. The van der Waals surface area contributed by atoms with Crippen molar-refractivity contribution in [2.24, 2.45) is 0 Å². The van der Waals surface area contributed by atoms with Gasteiger partial charge in [0.15, 0.2) is 0 Å². The van der Waals surface area contributed by atoms with Crippen molar-refractivity contribution in [3.63, 3.8) is 0 Å². The lowest BCUT2D eigenvalue weighted by Crippen LogP contribution is -2.11. The SMILES string of the molecule is CCn1ncnc1Cn1cnc(C(=O)OC)n1. The summed E-state index contributed by atoms with van der Waals surface area (Å²) in [7, 11) is 1.29. The van der Waals surface area contributed by atoms with E-state index in [1.165, 1.54) is 24.4 Å². The molecule has 0 fully saturated rings. The molecule has 0 aliphatic rings. The lowest BCUT2D eigenvalue weighted by atomic mass is 10.6. The van der Waals surface area contributed by atoms with Gasteiger partial charge in [-0.25, -0.2) is 24.1 Å². The van der Waals surface area contributed by atoms with Gasteiger partial charge in [0.2, 0.25) is 0 Å². The van der Waals surface area contributed by atoms with Crippen LogP contribution in [0.4, 0.5) is 0 Å². The summed E-state index contributed by atoms with van der Waals surface area (Å²) >= 11 is 0. The van der Waals surface area contributed by atoms with Gasteiger partial charge in [-0.3, -0.25) is 0 Å². The third-order valence-electron chi connectivity index (χ3n) is 2.20. The molecule has 0 saturated heterocycles. The number of hydrogen-bond donors (Lipinski definition) is 0.